The fourth-order valence-electron chi connectivity index (χ4n) is 3.35. The van der Waals surface area contributed by atoms with Gasteiger partial charge in [-0.05, 0) is 31.7 Å². The zero-order valence-electron chi connectivity index (χ0n) is 12.0. The normalized spacial score (nSPS) is 34.3. The van der Waals surface area contributed by atoms with Crippen LogP contribution in [-0.2, 0) is 5.41 Å². The van der Waals surface area contributed by atoms with Crippen molar-refractivity contribution in [1.82, 2.24) is 15.5 Å². The smallest absolute Gasteiger partial charge is 0.338 e. The standard InChI is InChI=1S/C14H20F3N3O/c1-9-2-4-10(5-3-9)11-19-12(21-20-11)13(14(15,16)17)6-7-18-8-13/h9-10,18H,2-8H2,1H3. The molecular weight excluding hydrogens is 283 g/mol. The van der Waals surface area contributed by atoms with E-state index in [0.717, 1.165) is 25.7 Å². The van der Waals surface area contributed by atoms with Gasteiger partial charge in [-0.25, -0.2) is 0 Å². The van der Waals surface area contributed by atoms with E-state index in [4.69, 9.17) is 4.52 Å². The molecule has 4 nitrogen and oxygen atoms in total. The lowest BCUT2D eigenvalue weighted by Crippen LogP contribution is -2.44. The van der Waals surface area contributed by atoms with E-state index in [0.29, 0.717) is 18.3 Å². The van der Waals surface area contributed by atoms with Crippen LogP contribution >= 0.6 is 0 Å². The molecule has 2 aliphatic rings. The van der Waals surface area contributed by atoms with Gasteiger partial charge in [0.25, 0.3) is 0 Å². The average molecular weight is 303 g/mol. The largest absolute Gasteiger partial charge is 0.404 e. The summed E-state index contributed by atoms with van der Waals surface area (Å²) in [7, 11) is 0. The molecule has 1 aliphatic carbocycles. The molecular formula is C14H20F3N3O. The van der Waals surface area contributed by atoms with Crippen LogP contribution in [0.4, 0.5) is 13.2 Å². The predicted molar refractivity (Wildman–Crippen MR) is 69.9 cm³/mol. The Hall–Kier alpha value is -1.11. The summed E-state index contributed by atoms with van der Waals surface area (Å²) in [4.78, 5) is 4.14. The fourth-order valence-corrected chi connectivity index (χ4v) is 3.35. The first-order valence-corrected chi connectivity index (χ1v) is 7.54. The van der Waals surface area contributed by atoms with Gasteiger partial charge in [-0.2, -0.15) is 18.2 Å². The Morgan fingerprint density at radius 2 is 1.95 bits per heavy atom. The Balaban J connectivity index is 1.83. The lowest BCUT2D eigenvalue weighted by molar-refractivity contribution is -0.191. The van der Waals surface area contributed by atoms with Crippen molar-refractivity contribution in [2.75, 3.05) is 13.1 Å². The highest BCUT2D eigenvalue weighted by Crippen LogP contribution is 2.45. The first kappa shape index (κ1) is 14.8. The SMILES string of the molecule is CC1CCC(c2noc(C3(C(F)(F)F)CCNC3)n2)CC1. The minimum absolute atomic E-state index is 0.0418. The molecule has 2 fully saturated rings. The monoisotopic (exact) mass is 303 g/mol. The first-order chi connectivity index (χ1) is 9.92. The Morgan fingerprint density at radius 1 is 1.24 bits per heavy atom. The third kappa shape index (κ3) is 2.56. The molecule has 1 N–H and O–H groups in total. The highest BCUT2D eigenvalue weighted by atomic mass is 19.4. The van der Waals surface area contributed by atoms with E-state index in [1.54, 1.807) is 0 Å². The van der Waals surface area contributed by atoms with E-state index in [-0.39, 0.29) is 24.8 Å². The molecule has 3 rings (SSSR count). The summed E-state index contributed by atoms with van der Waals surface area (Å²) < 4.78 is 45.3. The van der Waals surface area contributed by atoms with E-state index in [9.17, 15) is 13.2 Å². The number of rotatable bonds is 2. The summed E-state index contributed by atoms with van der Waals surface area (Å²) in [6, 6.07) is 0. The van der Waals surface area contributed by atoms with Gasteiger partial charge in [-0.15, -0.1) is 0 Å². The number of hydrogen-bond donors (Lipinski definition) is 1. The summed E-state index contributed by atoms with van der Waals surface area (Å²) in [6.45, 7) is 2.33. The van der Waals surface area contributed by atoms with Gasteiger partial charge in [-0.1, -0.05) is 24.9 Å². The van der Waals surface area contributed by atoms with Crippen molar-refractivity contribution in [1.29, 1.82) is 0 Å². The third-order valence-electron chi connectivity index (χ3n) is 4.93. The van der Waals surface area contributed by atoms with E-state index in [1.165, 1.54) is 0 Å². The Kier molecular flexibility index (Phi) is 3.71. The second kappa shape index (κ2) is 5.26. The molecule has 1 atom stereocenters. The first-order valence-electron chi connectivity index (χ1n) is 7.54. The van der Waals surface area contributed by atoms with Crippen LogP contribution in [0, 0.1) is 5.92 Å². The zero-order chi connectivity index (χ0) is 15.1. The van der Waals surface area contributed by atoms with Crippen molar-refractivity contribution >= 4 is 0 Å². The number of nitrogens with one attached hydrogen (secondary N) is 1. The summed E-state index contributed by atoms with van der Waals surface area (Å²) in [5.41, 5.74) is -2.01. The quantitative estimate of drug-likeness (QED) is 0.912. The van der Waals surface area contributed by atoms with Crippen LogP contribution in [0.5, 0.6) is 0 Å². The summed E-state index contributed by atoms with van der Waals surface area (Å²) in [5.74, 6) is 0.993. The van der Waals surface area contributed by atoms with Crippen LogP contribution in [-0.4, -0.2) is 29.4 Å². The van der Waals surface area contributed by atoms with Crippen LogP contribution < -0.4 is 5.32 Å². The number of aromatic nitrogens is 2. The van der Waals surface area contributed by atoms with Crippen LogP contribution in [0.2, 0.25) is 0 Å². The molecule has 21 heavy (non-hydrogen) atoms. The van der Waals surface area contributed by atoms with Crippen LogP contribution in [0.3, 0.4) is 0 Å². The van der Waals surface area contributed by atoms with Gasteiger partial charge in [0.1, 0.15) is 0 Å². The molecule has 0 bridgehead atoms. The Labute approximate surface area is 121 Å². The molecule has 0 radical (unpaired) electrons. The molecule has 0 spiro atoms. The number of halogens is 3. The van der Waals surface area contributed by atoms with Crippen LogP contribution in [0.1, 0.15) is 56.7 Å². The molecule has 1 unspecified atom stereocenters. The van der Waals surface area contributed by atoms with Crippen molar-refractivity contribution in [3.63, 3.8) is 0 Å². The Bertz CT molecular complexity index is 486. The van der Waals surface area contributed by atoms with Gasteiger partial charge in [0.05, 0.1) is 0 Å². The maximum absolute atomic E-state index is 13.4. The molecule has 118 valence electrons. The summed E-state index contributed by atoms with van der Waals surface area (Å²) in [6.07, 6.45) is -0.420. The molecule has 1 saturated heterocycles. The summed E-state index contributed by atoms with van der Waals surface area (Å²) >= 11 is 0. The molecule has 1 aromatic heterocycles. The van der Waals surface area contributed by atoms with E-state index in [1.807, 2.05) is 0 Å². The minimum atomic E-state index is -4.37. The van der Waals surface area contributed by atoms with Crippen molar-refractivity contribution in [3.05, 3.63) is 11.7 Å². The third-order valence-corrected chi connectivity index (χ3v) is 4.93. The van der Waals surface area contributed by atoms with Crippen molar-refractivity contribution in [2.45, 2.75) is 56.5 Å². The number of hydrogen-bond acceptors (Lipinski definition) is 4. The van der Waals surface area contributed by atoms with Crippen LogP contribution in [0.25, 0.3) is 0 Å². The van der Waals surface area contributed by atoms with Gasteiger partial charge >= 0.3 is 6.18 Å². The second-order valence-electron chi connectivity index (χ2n) is 6.42. The van der Waals surface area contributed by atoms with Gasteiger partial charge in [-0.3, -0.25) is 0 Å². The second-order valence-corrected chi connectivity index (χ2v) is 6.42. The van der Waals surface area contributed by atoms with Crippen molar-refractivity contribution < 1.29 is 17.7 Å². The molecule has 0 aromatic carbocycles. The average Bonchev–Trinajstić information content (AvgIpc) is 3.08. The van der Waals surface area contributed by atoms with Gasteiger partial charge in [0, 0.05) is 12.5 Å². The molecule has 1 aliphatic heterocycles. The number of alkyl halides is 3. The molecule has 1 aromatic rings. The maximum atomic E-state index is 13.4. The minimum Gasteiger partial charge on any atom is -0.338 e. The summed E-state index contributed by atoms with van der Waals surface area (Å²) in [5, 5.41) is 6.62. The van der Waals surface area contributed by atoms with Crippen molar-refractivity contribution in [2.24, 2.45) is 5.92 Å². The molecule has 2 heterocycles. The Morgan fingerprint density at radius 3 is 2.52 bits per heavy atom. The van der Waals surface area contributed by atoms with Gasteiger partial charge < -0.3 is 9.84 Å². The van der Waals surface area contributed by atoms with E-state index >= 15 is 0 Å². The predicted octanol–water partition coefficient (Wildman–Crippen LogP) is 3.16. The van der Waals surface area contributed by atoms with Crippen LogP contribution in [0.15, 0.2) is 4.52 Å². The molecule has 1 saturated carbocycles. The lowest BCUT2D eigenvalue weighted by Gasteiger charge is -2.26. The lowest BCUT2D eigenvalue weighted by atomic mass is 9.82. The molecule has 0 amide bonds. The van der Waals surface area contributed by atoms with Gasteiger partial charge in [0.2, 0.25) is 5.89 Å². The maximum Gasteiger partial charge on any atom is 0.404 e. The highest BCUT2D eigenvalue weighted by molar-refractivity contribution is 5.15. The topological polar surface area (TPSA) is 51.0 Å². The highest BCUT2D eigenvalue weighted by Gasteiger charge is 2.61. The van der Waals surface area contributed by atoms with Crippen molar-refractivity contribution in [3.8, 4) is 0 Å². The molecule has 7 heteroatoms. The van der Waals surface area contributed by atoms with E-state index < -0.39 is 11.6 Å². The van der Waals surface area contributed by atoms with Gasteiger partial charge in [0.15, 0.2) is 11.2 Å². The number of nitrogens with zero attached hydrogens (tertiary/aromatic N) is 2. The van der Waals surface area contributed by atoms with E-state index in [2.05, 4.69) is 22.4 Å². The fraction of sp³-hybridized carbons (Fsp3) is 0.857. The zero-order valence-corrected chi connectivity index (χ0v) is 12.0.